The number of ether oxygens (including phenoxy) is 4. The number of carbonyl (C=O) groups excluding carboxylic acids is 3. The van der Waals surface area contributed by atoms with E-state index in [1.807, 2.05) is 0 Å². The van der Waals surface area contributed by atoms with Crippen molar-refractivity contribution >= 4 is 53.0 Å². The molecular formula is C33H27ClN4O9. The second kappa shape index (κ2) is 15.7. The molecule has 0 heterocycles. The lowest BCUT2D eigenvalue weighted by molar-refractivity contribution is -0.384. The van der Waals surface area contributed by atoms with Crippen LogP contribution in [0.3, 0.4) is 0 Å². The van der Waals surface area contributed by atoms with Gasteiger partial charge in [-0.3, -0.25) is 19.7 Å². The van der Waals surface area contributed by atoms with Crippen molar-refractivity contribution in [3.05, 3.63) is 122 Å². The number of nitrogens with zero attached hydrogens (tertiary/aromatic N) is 2. The van der Waals surface area contributed by atoms with Gasteiger partial charge in [-0.2, -0.15) is 5.10 Å². The fourth-order valence-electron chi connectivity index (χ4n) is 4.11. The van der Waals surface area contributed by atoms with Crippen LogP contribution in [0.15, 0.2) is 90.0 Å². The topological polar surface area (TPSA) is 168 Å². The van der Waals surface area contributed by atoms with Crippen molar-refractivity contribution < 1.29 is 38.3 Å². The van der Waals surface area contributed by atoms with Crippen LogP contribution in [0.2, 0.25) is 5.02 Å². The van der Waals surface area contributed by atoms with Crippen molar-refractivity contribution in [3.8, 4) is 23.0 Å². The first-order chi connectivity index (χ1) is 22.6. The summed E-state index contributed by atoms with van der Waals surface area (Å²) in [6.07, 6.45) is 3.75. The number of nitro groups is 1. The Labute approximate surface area is 273 Å². The largest absolute Gasteiger partial charge is 0.493 e. The minimum atomic E-state index is -0.755. The van der Waals surface area contributed by atoms with Gasteiger partial charge in [0.25, 0.3) is 17.5 Å². The highest BCUT2D eigenvalue weighted by Crippen LogP contribution is 2.38. The number of non-ortho nitro benzene ring substituents is 1. The summed E-state index contributed by atoms with van der Waals surface area (Å²) in [5.74, 6) is -0.647. The van der Waals surface area contributed by atoms with Gasteiger partial charge < -0.3 is 24.3 Å². The summed E-state index contributed by atoms with van der Waals surface area (Å²) in [6.45, 7) is 0. The van der Waals surface area contributed by atoms with E-state index in [0.717, 1.165) is 6.08 Å². The monoisotopic (exact) mass is 658 g/mol. The van der Waals surface area contributed by atoms with E-state index in [0.29, 0.717) is 39.1 Å². The SMILES string of the molecule is COc1cc(C(=O)Nc2ccc(C(=O)N/N=C/c3cc(Cl)ccc3OC(=O)/C=C/c3cccc([N+](=O)[O-])c3)cc2)cc(OC)c1OC. The predicted molar refractivity (Wildman–Crippen MR) is 175 cm³/mol. The van der Waals surface area contributed by atoms with Gasteiger partial charge in [0.1, 0.15) is 5.75 Å². The summed E-state index contributed by atoms with van der Waals surface area (Å²) in [4.78, 5) is 48.4. The molecule has 47 heavy (non-hydrogen) atoms. The molecule has 0 radical (unpaired) electrons. The number of halogens is 1. The lowest BCUT2D eigenvalue weighted by Gasteiger charge is -2.14. The van der Waals surface area contributed by atoms with Gasteiger partial charge in [-0.05, 0) is 66.2 Å². The van der Waals surface area contributed by atoms with Crippen molar-refractivity contribution in [1.82, 2.24) is 5.43 Å². The number of rotatable bonds is 12. The summed E-state index contributed by atoms with van der Waals surface area (Å²) in [5.41, 5.74) is 3.93. The van der Waals surface area contributed by atoms with Crippen LogP contribution in [0, 0.1) is 10.1 Å². The van der Waals surface area contributed by atoms with E-state index in [9.17, 15) is 24.5 Å². The molecule has 240 valence electrons. The minimum Gasteiger partial charge on any atom is -0.493 e. The Bertz CT molecular complexity index is 1850. The van der Waals surface area contributed by atoms with Crippen LogP contribution in [-0.2, 0) is 4.79 Å². The third-order valence-corrected chi connectivity index (χ3v) is 6.61. The normalized spacial score (nSPS) is 10.8. The molecule has 0 unspecified atom stereocenters. The van der Waals surface area contributed by atoms with Gasteiger partial charge in [0.2, 0.25) is 5.75 Å². The second-order valence-electron chi connectivity index (χ2n) is 9.43. The van der Waals surface area contributed by atoms with E-state index in [1.54, 1.807) is 18.2 Å². The fourth-order valence-corrected chi connectivity index (χ4v) is 4.29. The molecule has 0 fully saturated rings. The number of nitrogens with one attached hydrogen (secondary N) is 2. The number of hydrogen-bond acceptors (Lipinski definition) is 10. The summed E-state index contributed by atoms with van der Waals surface area (Å²) in [6, 6.07) is 19.3. The zero-order valence-corrected chi connectivity index (χ0v) is 25.9. The Morgan fingerprint density at radius 1 is 0.830 bits per heavy atom. The van der Waals surface area contributed by atoms with Crippen molar-refractivity contribution in [3.63, 3.8) is 0 Å². The highest BCUT2D eigenvalue weighted by atomic mass is 35.5. The third-order valence-electron chi connectivity index (χ3n) is 6.38. The van der Waals surface area contributed by atoms with Gasteiger partial charge >= 0.3 is 5.97 Å². The molecular weight excluding hydrogens is 632 g/mol. The van der Waals surface area contributed by atoms with Crippen LogP contribution in [0.4, 0.5) is 11.4 Å². The maximum absolute atomic E-state index is 12.9. The molecule has 4 aromatic carbocycles. The van der Waals surface area contributed by atoms with Gasteiger partial charge in [-0.25, -0.2) is 10.2 Å². The molecule has 2 N–H and O–H groups in total. The van der Waals surface area contributed by atoms with Crippen LogP contribution < -0.4 is 29.7 Å². The quantitative estimate of drug-likeness (QED) is 0.0469. The molecule has 0 spiro atoms. The molecule has 0 saturated carbocycles. The molecule has 0 aliphatic heterocycles. The molecule has 4 aromatic rings. The summed E-state index contributed by atoms with van der Waals surface area (Å²) >= 11 is 6.10. The van der Waals surface area contributed by atoms with E-state index in [4.69, 9.17) is 30.5 Å². The lowest BCUT2D eigenvalue weighted by Crippen LogP contribution is -2.18. The summed E-state index contributed by atoms with van der Waals surface area (Å²) in [5, 5.41) is 18.0. The van der Waals surface area contributed by atoms with E-state index in [2.05, 4.69) is 15.8 Å². The Balaban J connectivity index is 1.38. The maximum Gasteiger partial charge on any atom is 0.336 e. The molecule has 0 aromatic heterocycles. The van der Waals surface area contributed by atoms with Gasteiger partial charge in [-0.15, -0.1) is 0 Å². The van der Waals surface area contributed by atoms with E-state index in [-0.39, 0.29) is 22.6 Å². The Morgan fingerprint density at radius 3 is 2.17 bits per heavy atom. The smallest absolute Gasteiger partial charge is 0.336 e. The lowest BCUT2D eigenvalue weighted by atomic mass is 10.1. The molecule has 0 atom stereocenters. The third kappa shape index (κ3) is 8.93. The average Bonchev–Trinajstić information content (AvgIpc) is 3.08. The van der Waals surface area contributed by atoms with Gasteiger partial charge in [-0.1, -0.05) is 23.7 Å². The summed E-state index contributed by atoms with van der Waals surface area (Å²) in [7, 11) is 4.35. The molecule has 0 saturated heterocycles. The van der Waals surface area contributed by atoms with Crippen molar-refractivity contribution in [2.24, 2.45) is 5.10 Å². The van der Waals surface area contributed by atoms with Gasteiger partial charge in [0, 0.05) is 45.6 Å². The highest BCUT2D eigenvalue weighted by molar-refractivity contribution is 6.31. The highest BCUT2D eigenvalue weighted by Gasteiger charge is 2.17. The van der Waals surface area contributed by atoms with Crippen molar-refractivity contribution in [1.29, 1.82) is 0 Å². The number of methoxy groups -OCH3 is 3. The number of hydrazone groups is 1. The van der Waals surface area contributed by atoms with Crippen molar-refractivity contribution in [2.45, 2.75) is 0 Å². The number of hydrogen-bond donors (Lipinski definition) is 2. The number of esters is 1. The average molecular weight is 659 g/mol. The van der Waals surface area contributed by atoms with Crippen LogP contribution in [-0.4, -0.2) is 50.3 Å². The first-order valence-corrected chi connectivity index (χ1v) is 14.0. The Morgan fingerprint density at radius 2 is 1.53 bits per heavy atom. The number of carbonyl (C=O) groups is 3. The summed E-state index contributed by atoms with van der Waals surface area (Å²) < 4.78 is 21.3. The van der Waals surface area contributed by atoms with Gasteiger partial charge in [0.05, 0.1) is 32.5 Å². The molecule has 13 nitrogen and oxygen atoms in total. The Kier molecular flexibility index (Phi) is 11.2. The first-order valence-electron chi connectivity index (χ1n) is 13.6. The van der Waals surface area contributed by atoms with E-state index in [1.165, 1.54) is 94.3 Å². The maximum atomic E-state index is 12.9. The molecule has 14 heteroatoms. The minimum absolute atomic E-state index is 0.105. The van der Waals surface area contributed by atoms with Crippen LogP contribution in [0.25, 0.3) is 6.08 Å². The zero-order chi connectivity index (χ0) is 33.9. The van der Waals surface area contributed by atoms with E-state index < -0.39 is 22.7 Å². The molecule has 0 aliphatic rings. The predicted octanol–water partition coefficient (Wildman–Crippen LogP) is 5.91. The number of amides is 2. The zero-order valence-electron chi connectivity index (χ0n) is 25.2. The van der Waals surface area contributed by atoms with Crippen LogP contribution in [0.5, 0.6) is 23.0 Å². The van der Waals surface area contributed by atoms with Gasteiger partial charge in [0.15, 0.2) is 11.5 Å². The molecule has 0 aliphatic carbocycles. The number of anilines is 1. The number of benzene rings is 4. The first kappa shape index (κ1) is 33.7. The van der Waals surface area contributed by atoms with Crippen molar-refractivity contribution in [2.75, 3.05) is 26.6 Å². The van der Waals surface area contributed by atoms with Crippen LogP contribution in [0.1, 0.15) is 31.8 Å². The Hall–Kier alpha value is -6.21. The molecule has 2 amide bonds. The van der Waals surface area contributed by atoms with Crippen LogP contribution >= 0.6 is 11.6 Å². The fraction of sp³-hybridized carbons (Fsp3) is 0.0909. The molecule has 4 rings (SSSR count). The van der Waals surface area contributed by atoms with E-state index >= 15 is 0 Å². The standard InChI is InChI=1S/C33H27ClN4O9/c1-44-28-17-22(18-29(45-2)31(28)46-3)32(40)36-25-11-8-21(9-12-25)33(41)37-35-19-23-16-24(34)10-13-27(23)47-30(39)14-7-20-5-4-6-26(15-20)38(42)43/h4-19H,1-3H3,(H,36,40)(H,37,41)/b14-7+,35-19+. The molecule has 0 bridgehead atoms. The number of nitro benzene ring substituents is 1. The second-order valence-corrected chi connectivity index (χ2v) is 9.87.